The average Bonchev–Trinajstić information content (AvgIpc) is 3.27. The minimum Gasteiger partial charge on any atom is -0.459 e. The van der Waals surface area contributed by atoms with Crippen molar-refractivity contribution >= 4 is 65.2 Å². The number of hydrogen-bond acceptors (Lipinski definition) is 12. The summed E-state index contributed by atoms with van der Waals surface area (Å²) in [7, 11) is 0. The Morgan fingerprint density at radius 2 is 0.973 bits per heavy atom. The molecule has 0 aliphatic carbocycles. The van der Waals surface area contributed by atoms with Gasteiger partial charge in [-0.25, -0.2) is 14.4 Å². The Balaban J connectivity index is 2.21. The molecule has 0 aliphatic heterocycles. The fourth-order valence-electron chi connectivity index (χ4n) is 6.05. The standard InChI is InChI=1S/C46H61ClF6N8O12/c1-25(56-39(66)33(21-45(48,49)50)61-37(64)27(3)58-43(70)73-44(5,6)7)35(62)59-32(19-13-14-20-54-42(69)72-24-30-17-11-12-18-31(30)47)38(65)55-26(2)36(63)60-34(22-46(51,52)53)40(67)57-28(4)41(68)71-23-29-15-9-8-10-16-29/h8-12,15-18,25-28,32-34H,13-14,19-24H2,1-7H3,(H,54,69)(H,55,65)(H,56,66)(H,57,67)(H,58,70)(H,59,62)(H,60,63)(H,61,64)/t25-,26-,27-,28-,32-,33-,34-/m0/s1. The van der Waals surface area contributed by atoms with Crippen LogP contribution in [0.15, 0.2) is 54.6 Å². The van der Waals surface area contributed by atoms with E-state index in [0.29, 0.717) is 16.1 Å². The third kappa shape index (κ3) is 25.4. The van der Waals surface area contributed by atoms with Crippen LogP contribution in [0.3, 0.4) is 0 Å². The summed E-state index contributed by atoms with van der Waals surface area (Å²) in [5, 5.41) is 17.3. The van der Waals surface area contributed by atoms with Crippen molar-refractivity contribution in [1.82, 2.24) is 42.5 Å². The highest BCUT2D eigenvalue weighted by Crippen LogP contribution is 2.23. The molecular weight excluding hydrogens is 1010 g/mol. The monoisotopic (exact) mass is 1070 g/mol. The molecule has 0 saturated carbocycles. The topological polar surface area (TPSA) is 278 Å². The lowest BCUT2D eigenvalue weighted by molar-refractivity contribution is -0.154. The number of esters is 1. The maximum atomic E-state index is 13.7. The van der Waals surface area contributed by atoms with Crippen LogP contribution >= 0.6 is 11.6 Å². The number of carbonyl (C=O) groups excluding carboxylic acids is 9. The first-order valence-corrected chi connectivity index (χ1v) is 23.0. The normalized spacial score (nSPS) is 14.4. The molecule has 0 unspecified atom stereocenters. The van der Waals surface area contributed by atoms with E-state index in [9.17, 15) is 69.5 Å². The van der Waals surface area contributed by atoms with Gasteiger partial charge in [-0.15, -0.1) is 0 Å². The maximum absolute atomic E-state index is 13.7. The van der Waals surface area contributed by atoms with Crippen molar-refractivity contribution in [2.75, 3.05) is 6.54 Å². The first kappa shape index (κ1) is 62.3. The molecule has 0 aromatic heterocycles. The number of unbranched alkanes of at least 4 members (excludes halogenated alkanes) is 1. The van der Waals surface area contributed by atoms with Crippen LogP contribution in [0, 0.1) is 0 Å². The van der Waals surface area contributed by atoms with Gasteiger partial charge in [-0.2, -0.15) is 26.3 Å². The van der Waals surface area contributed by atoms with E-state index < -0.39 is 127 Å². The molecule has 0 saturated heterocycles. The average molecular weight is 1070 g/mol. The predicted molar refractivity (Wildman–Crippen MR) is 249 cm³/mol. The summed E-state index contributed by atoms with van der Waals surface area (Å²) in [6, 6.07) is 2.19. The molecule has 27 heteroatoms. The minimum absolute atomic E-state index is 0.0273. The zero-order valence-corrected chi connectivity index (χ0v) is 41.7. The molecule has 20 nitrogen and oxygen atoms in total. The van der Waals surface area contributed by atoms with Gasteiger partial charge in [0.15, 0.2) is 0 Å². The Hall–Kier alpha value is -6.86. The summed E-state index contributed by atoms with van der Waals surface area (Å²) in [4.78, 5) is 116. The van der Waals surface area contributed by atoms with Crippen molar-refractivity contribution in [3.63, 3.8) is 0 Å². The van der Waals surface area contributed by atoms with Crippen LogP contribution in [0.25, 0.3) is 0 Å². The van der Waals surface area contributed by atoms with Crippen LogP contribution in [0.5, 0.6) is 0 Å². The van der Waals surface area contributed by atoms with E-state index >= 15 is 0 Å². The van der Waals surface area contributed by atoms with Crippen LogP contribution in [-0.4, -0.2) is 120 Å². The number of ether oxygens (including phenoxy) is 3. The van der Waals surface area contributed by atoms with Gasteiger partial charge in [0, 0.05) is 17.1 Å². The molecule has 0 spiro atoms. The van der Waals surface area contributed by atoms with E-state index in [0.717, 1.165) is 27.7 Å². The molecule has 2 rings (SSSR count). The zero-order chi connectivity index (χ0) is 55.3. The Bertz CT molecular complexity index is 2220. The number of rotatable bonds is 25. The smallest absolute Gasteiger partial charge is 0.408 e. The van der Waals surface area contributed by atoms with Gasteiger partial charge in [-0.1, -0.05) is 60.1 Å². The molecule has 8 amide bonds. The summed E-state index contributed by atoms with van der Waals surface area (Å²) in [6.45, 7) is 8.40. The Kier molecular flexibility index (Phi) is 24.7. The number of carbonyl (C=O) groups is 9. The fraction of sp³-hybridized carbons (Fsp3) is 0.543. The van der Waals surface area contributed by atoms with Gasteiger partial charge in [-0.05, 0) is 79.4 Å². The molecule has 73 heavy (non-hydrogen) atoms. The van der Waals surface area contributed by atoms with Crippen LogP contribution in [0.1, 0.15) is 91.7 Å². The molecular formula is C46H61ClF6N8O12. The molecule has 7 atom stereocenters. The number of benzene rings is 2. The number of alkyl carbamates (subject to hydrolysis) is 2. The first-order chi connectivity index (χ1) is 33.8. The van der Waals surface area contributed by atoms with Crippen LogP contribution in [0.4, 0.5) is 35.9 Å². The fourth-order valence-corrected chi connectivity index (χ4v) is 6.24. The lowest BCUT2D eigenvalue weighted by atomic mass is 10.1. The molecule has 0 bridgehead atoms. The third-order valence-electron chi connectivity index (χ3n) is 9.84. The van der Waals surface area contributed by atoms with Crippen molar-refractivity contribution < 1.29 is 83.7 Å². The highest BCUT2D eigenvalue weighted by Gasteiger charge is 2.40. The second-order valence-corrected chi connectivity index (χ2v) is 18.0. The maximum Gasteiger partial charge on any atom is 0.408 e. The highest BCUT2D eigenvalue weighted by molar-refractivity contribution is 6.31. The van der Waals surface area contributed by atoms with Gasteiger partial charge < -0.3 is 56.7 Å². The van der Waals surface area contributed by atoms with Crippen molar-refractivity contribution in [3.05, 3.63) is 70.7 Å². The lowest BCUT2D eigenvalue weighted by Gasteiger charge is -2.26. The van der Waals surface area contributed by atoms with Gasteiger partial charge in [0.2, 0.25) is 35.4 Å². The summed E-state index contributed by atoms with van der Waals surface area (Å²) < 4.78 is 97.1. The lowest BCUT2D eigenvalue weighted by Crippen LogP contribution is -2.59. The van der Waals surface area contributed by atoms with Gasteiger partial charge >= 0.3 is 30.5 Å². The van der Waals surface area contributed by atoms with E-state index in [-0.39, 0.29) is 39.0 Å². The zero-order valence-electron chi connectivity index (χ0n) is 40.9. The highest BCUT2D eigenvalue weighted by atomic mass is 35.5. The minimum atomic E-state index is -5.04. The van der Waals surface area contributed by atoms with Crippen molar-refractivity contribution in [3.8, 4) is 0 Å². The molecule has 0 heterocycles. The second-order valence-electron chi connectivity index (χ2n) is 17.6. The quantitative estimate of drug-likeness (QED) is 0.0300. The summed E-state index contributed by atoms with van der Waals surface area (Å²) in [5.74, 6) is -8.81. The van der Waals surface area contributed by atoms with Crippen molar-refractivity contribution in [1.29, 1.82) is 0 Å². The molecule has 0 fully saturated rings. The van der Waals surface area contributed by atoms with Gasteiger partial charge in [0.25, 0.3) is 0 Å². The number of amides is 8. The van der Waals surface area contributed by atoms with Crippen molar-refractivity contribution in [2.45, 2.75) is 154 Å². The largest absolute Gasteiger partial charge is 0.459 e. The van der Waals surface area contributed by atoms with E-state index in [1.54, 1.807) is 54.6 Å². The number of alkyl halides is 6. The molecule has 8 N–H and O–H groups in total. The number of hydrogen-bond donors (Lipinski definition) is 8. The van der Waals surface area contributed by atoms with Gasteiger partial charge in [0.05, 0.1) is 12.8 Å². The molecule has 2 aromatic rings. The van der Waals surface area contributed by atoms with Crippen LogP contribution in [-0.2, 0) is 61.0 Å². The van der Waals surface area contributed by atoms with Gasteiger partial charge in [0.1, 0.15) is 61.1 Å². The first-order valence-electron chi connectivity index (χ1n) is 22.6. The Morgan fingerprint density at radius 3 is 1.47 bits per heavy atom. The Morgan fingerprint density at radius 1 is 0.521 bits per heavy atom. The third-order valence-corrected chi connectivity index (χ3v) is 10.2. The molecule has 0 aliphatic rings. The van der Waals surface area contributed by atoms with Crippen LogP contribution in [0.2, 0.25) is 5.02 Å². The van der Waals surface area contributed by atoms with E-state index in [1.807, 2.05) is 16.0 Å². The van der Waals surface area contributed by atoms with Crippen LogP contribution < -0.4 is 42.5 Å². The summed E-state index contributed by atoms with van der Waals surface area (Å²) in [6.07, 6.45) is -16.0. The summed E-state index contributed by atoms with van der Waals surface area (Å²) >= 11 is 6.08. The van der Waals surface area contributed by atoms with E-state index in [2.05, 4.69) is 26.6 Å². The molecule has 0 radical (unpaired) electrons. The molecule has 2 aromatic carbocycles. The summed E-state index contributed by atoms with van der Waals surface area (Å²) in [5.41, 5.74) is 0.0972. The predicted octanol–water partition coefficient (Wildman–Crippen LogP) is 4.27. The van der Waals surface area contributed by atoms with E-state index in [4.69, 9.17) is 25.8 Å². The second kappa shape index (κ2) is 29.0. The molecule has 406 valence electrons. The SMILES string of the molecule is C[C@H](NC(=O)OC(C)(C)C)C(=O)N[C@@H](CC(F)(F)F)C(=O)N[C@@H](C)C(=O)N[C@@H](CCCCNC(=O)OCc1ccccc1Cl)C(=O)N[C@@H](C)C(=O)N[C@@H](CC(F)(F)F)C(=O)N[C@@H](C)C(=O)OCc1ccccc1. The Labute approximate surface area is 421 Å². The van der Waals surface area contributed by atoms with E-state index in [1.165, 1.54) is 20.8 Å². The van der Waals surface area contributed by atoms with Gasteiger partial charge in [-0.3, -0.25) is 28.8 Å². The van der Waals surface area contributed by atoms with Crippen molar-refractivity contribution in [2.24, 2.45) is 0 Å². The number of nitrogens with one attached hydrogen (secondary N) is 8. The number of halogens is 7.